The molecule has 1 rings (SSSR count). The van der Waals surface area contributed by atoms with Crippen LogP contribution in [0.15, 0.2) is 18.2 Å². The number of halogens is 2. The zero-order valence-corrected chi connectivity index (χ0v) is 12.9. The topological polar surface area (TPSA) is 21.3 Å². The number of hydrogen-bond donors (Lipinski definition) is 1. The van der Waals surface area contributed by atoms with E-state index in [1.165, 1.54) is 0 Å². The van der Waals surface area contributed by atoms with Crippen molar-refractivity contribution < 1.29 is 4.74 Å². The van der Waals surface area contributed by atoms with Gasteiger partial charge in [-0.25, -0.2) is 0 Å². The van der Waals surface area contributed by atoms with Gasteiger partial charge in [0, 0.05) is 23.2 Å². The molecule has 0 spiro atoms. The summed E-state index contributed by atoms with van der Waals surface area (Å²) in [5, 5.41) is 4.74. The molecule has 0 bridgehead atoms. The van der Waals surface area contributed by atoms with Gasteiger partial charge in [-0.2, -0.15) is 0 Å². The fraction of sp³-hybridized carbons (Fsp3) is 0.571. The molecule has 0 saturated heterocycles. The van der Waals surface area contributed by atoms with E-state index in [2.05, 4.69) is 19.2 Å². The lowest BCUT2D eigenvalue weighted by Crippen LogP contribution is -2.37. The molecule has 0 amide bonds. The summed E-state index contributed by atoms with van der Waals surface area (Å²) in [5.74, 6) is 0. The monoisotopic (exact) mass is 289 g/mol. The van der Waals surface area contributed by atoms with Crippen molar-refractivity contribution in [2.24, 2.45) is 0 Å². The van der Waals surface area contributed by atoms with Crippen molar-refractivity contribution in [1.82, 2.24) is 5.32 Å². The second-order valence-corrected chi connectivity index (χ2v) is 5.87. The van der Waals surface area contributed by atoms with Crippen LogP contribution in [-0.2, 0) is 11.2 Å². The number of likely N-dealkylation sites (N-methyl/N-ethyl adjacent to an activating group) is 1. The quantitative estimate of drug-likeness (QED) is 0.857. The number of rotatable bonds is 6. The van der Waals surface area contributed by atoms with Crippen molar-refractivity contribution in [2.45, 2.75) is 38.3 Å². The Balaban J connectivity index is 2.80. The molecule has 102 valence electrons. The average Bonchev–Trinajstić information content (AvgIpc) is 2.32. The average molecular weight is 290 g/mol. The molecule has 1 aromatic carbocycles. The number of hydrogen-bond acceptors (Lipinski definition) is 2. The van der Waals surface area contributed by atoms with E-state index in [0.717, 1.165) is 28.5 Å². The van der Waals surface area contributed by atoms with E-state index in [1.54, 1.807) is 7.11 Å². The van der Waals surface area contributed by atoms with Gasteiger partial charge in [0.15, 0.2) is 0 Å². The number of benzene rings is 1. The minimum atomic E-state index is -0.165. The molecule has 0 aliphatic rings. The molecule has 1 unspecified atom stereocenters. The van der Waals surface area contributed by atoms with Gasteiger partial charge in [-0.05, 0) is 51.4 Å². The normalized spacial score (nSPS) is 13.7. The Hall–Kier alpha value is -0.280. The van der Waals surface area contributed by atoms with Crippen molar-refractivity contribution in [2.75, 3.05) is 14.2 Å². The maximum atomic E-state index is 6.19. The predicted molar refractivity (Wildman–Crippen MR) is 78.7 cm³/mol. The smallest absolute Gasteiger partial charge is 0.0637 e. The number of ether oxygens (including phenoxy) is 1. The van der Waals surface area contributed by atoms with Crippen molar-refractivity contribution in [3.05, 3.63) is 33.8 Å². The van der Waals surface area contributed by atoms with E-state index < -0.39 is 0 Å². The molecule has 0 radical (unpaired) electrons. The summed E-state index contributed by atoms with van der Waals surface area (Å²) >= 11 is 12.4. The van der Waals surface area contributed by atoms with Crippen LogP contribution < -0.4 is 5.32 Å². The van der Waals surface area contributed by atoms with Crippen LogP contribution >= 0.6 is 23.2 Å². The Morgan fingerprint density at radius 2 is 1.83 bits per heavy atom. The van der Waals surface area contributed by atoms with Gasteiger partial charge in [0.25, 0.3) is 0 Å². The van der Waals surface area contributed by atoms with Crippen molar-refractivity contribution in [1.29, 1.82) is 0 Å². The Morgan fingerprint density at radius 3 is 2.28 bits per heavy atom. The number of nitrogens with one attached hydrogen (secondary N) is 1. The van der Waals surface area contributed by atoms with Gasteiger partial charge in [0.1, 0.15) is 0 Å². The second kappa shape index (κ2) is 6.76. The molecule has 0 fully saturated rings. The van der Waals surface area contributed by atoms with Crippen molar-refractivity contribution in [3.8, 4) is 0 Å². The maximum absolute atomic E-state index is 6.19. The van der Waals surface area contributed by atoms with E-state index in [9.17, 15) is 0 Å². The molecule has 0 aliphatic heterocycles. The van der Waals surface area contributed by atoms with Crippen LogP contribution in [0.3, 0.4) is 0 Å². The lowest BCUT2D eigenvalue weighted by atomic mass is 9.94. The van der Waals surface area contributed by atoms with Crippen LogP contribution in [-0.4, -0.2) is 25.8 Å². The number of methoxy groups -OCH3 is 1. The van der Waals surface area contributed by atoms with Gasteiger partial charge in [-0.15, -0.1) is 0 Å². The molecule has 18 heavy (non-hydrogen) atoms. The molecule has 1 atom stereocenters. The van der Waals surface area contributed by atoms with Crippen LogP contribution in [0.25, 0.3) is 0 Å². The third kappa shape index (κ3) is 4.43. The zero-order chi connectivity index (χ0) is 13.8. The van der Waals surface area contributed by atoms with Crippen LogP contribution in [0.1, 0.15) is 25.8 Å². The Kier molecular flexibility index (Phi) is 5.93. The highest BCUT2D eigenvalue weighted by Gasteiger charge is 2.23. The Morgan fingerprint density at radius 1 is 1.28 bits per heavy atom. The Bertz CT molecular complexity index is 373. The van der Waals surface area contributed by atoms with E-state index >= 15 is 0 Å². The van der Waals surface area contributed by atoms with Crippen molar-refractivity contribution >= 4 is 23.2 Å². The van der Waals surface area contributed by atoms with Crippen LogP contribution in [0.4, 0.5) is 0 Å². The summed E-state index contributed by atoms with van der Waals surface area (Å²) in [6.45, 7) is 4.15. The minimum absolute atomic E-state index is 0.165. The molecule has 4 heteroatoms. The van der Waals surface area contributed by atoms with E-state index in [1.807, 2.05) is 25.2 Å². The van der Waals surface area contributed by atoms with E-state index in [4.69, 9.17) is 27.9 Å². The molecular weight excluding hydrogens is 269 g/mol. The third-order valence-electron chi connectivity index (χ3n) is 3.21. The molecular formula is C14H21Cl2NO. The van der Waals surface area contributed by atoms with Crippen molar-refractivity contribution in [3.63, 3.8) is 0 Å². The fourth-order valence-electron chi connectivity index (χ4n) is 1.93. The lowest BCUT2D eigenvalue weighted by molar-refractivity contribution is 0.00773. The SMILES string of the molecule is CNC(Cc1c(Cl)cccc1Cl)CC(C)(C)OC. The molecule has 0 aromatic heterocycles. The molecule has 2 nitrogen and oxygen atoms in total. The first-order chi connectivity index (χ1) is 8.39. The summed E-state index contributed by atoms with van der Waals surface area (Å²) in [5.41, 5.74) is 0.827. The standard InChI is InChI=1S/C14H21Cl2NO/c1-14(2,18-4)9-10(17-3)8-11-12(15)6-5-7-13(11)16/h5-7,10,17H,8-9H2,1-4H3. The first-order valence-corrected chi connectivity index (χ1v) is 6.80. The lowest BCUT2D eigenvalue weighted by Gasteiger charge is -2.28. The van der Waals surface area contributed by atoms with E-state index in [0.29, 0.717) is 0 Å². The highest BCUT2D eigenvalue weighted by atomic mass is 35.5. The largest absolute Gasteiger partial charge is 0.379 e. The van der Waals surface area contributed by atoms with E-state index in [-0.39, 0.29) is 11.6 Å². The van der Waals surface area contributed by atoms with Crippen LogP contribution in [0, 0.1) is 0 Å². The van der Waals surface area contributed by atoms with Crippen LogP contribution in [0.2, 0.25) is 10.0 Å². The summed E-state index contributed by atoms with van der Waals surface area (Å²) in [7, 11) is 3.68. The molecule has 0 saturated carbocycles. The minimum Gasteiger partial charge on any atom is -0.379 e. The molecule has 1 N–H and O–H groups in total. The second-order valence-electron chi connectivity index (χ2n) is 5.06. The highest BCUT2D eigenvalue weighted by Crippen LogP contribution is 2.27. The van der Waals surface area contributed by atoms with Gasteiger partial charge in [-0.3, -0.25) is 0 Å². The van der Waals surface area contributed by atoms with Gasteiger partial charge in [0.05, 0.1) is 5.60 Å². The van der Waals surface area contributed by atoms with Gasteiger partial charge in [0.2, 0.25) is 0 Å². The summed E-state index contributed by atoms with van der Waals surface area (Å²) in [4.78, 5) is 0. The molecule has 0 aliphatic carbocycles. The predicted octanol–water partition coefficient (Wildman–Crippen LogP) is 3.94. The highest BCUT2D eigenvalue weighted by molar-refractivity contribution is 6.35. The molecule has 1 aromatic rings. The third-order valence-corrected chi connectivity index (χ3v) is 3.92. The maximum Gasteiger partial charge on any atom is 0.0637 e. The molecule has 0 heterocycles. The summed E-state index contributed by atoms with van der Waals surface area (Å²) in [6.07, 6.45) is 1.68. The van der Waals surface area contributed by atoms with Gasteiger partial charge in [-0.1, -0.05) is 29.3 Å². The Labute approximate surface area is 120 Å². The first-order valence-electron chi connectivity index (χ1n) is 6.05. The van der Waals surface area contributed by atoms with Crippen LogP contribution in [0.5, 0.6) is 0 Å². The van der Waals surface area contributed by atoms with Gasteiger partial charge < -0.3 is 10.1 Å². The summed E-state index contributed by atoms with van der Waals surface area (Å²) in [6, 6.07) is 5.88. The first kappa shape index (κ1) is 15.8. The zero-order valence-electron chi connectivity index (χ0n) is 11.4. The van der Waals surface area contributed by atoms with Gasteiger partial charge >= 0.3 is 0 Å². The summed E-state index contributed by atoms with van der Waals surface area (Å²) < 4.78 is 5.46. The fourth-order valence-corrected chi connectivity index (χ4v) is 2.48.